The molecular formula is C11H9NO3. The molecule has 4 heteroatoms. The van der Waals surface area contributed by atoms with Crippen LogP contribution in [-0.2, 0) is 9.59 Å². The maximum Gasteiger partial charge on any atom is 0.261 e. The molecule has 1 aliphatic heterocycles. The van der Waals surface area contributed by atoms with Crippen LogP contribution >= 0.6 is 0 Å². The third-order valence-electron chi connectivity index (χ3n) is 2.19. The molecule has 1 aromatic carbocycles. The number of phenols is 1. The number of carbonyl (C=O) groups excluding carboxylic acids is 2. The van der Waals surface area contributed by atoms with Crippen molar-refractivity contribution in [3.05, 3.63) is 35.9 Å². The first-order valence-corrected chi connectivity index (χ1v) is 4.45. The van der Waals surface area contributed by atoms with Gasteiger partial charge < -0.3 is 5.11 Å². The van der Waals surface area contributed by atoms with Crippen LogP contribution in [0.5, 0.6) is 5.75 Å². The van der Waals surface area contributed by atoms with E-state index in [-0.39, 0.29) is 17.6 Å². The molecule has 0 saturated carbocycles. The summed E-state index contributed by atoms with van der Waals surface area (Å²) in [5.74, 6) is -0.689. The van der Waals surface area contributed by atoms with Crippen LogP contribution in [0.25, 0.3) is 0 Å². The lowest BCUT2D eigenvalue weighted by molar-refractivity contribution is -0.120. The van der Waals surface area contributed by atoms with Gasteiger partial charge in [0.2, 0.25) is 0 Å². The summed E-state index contributed by atoms with van der Waals surface area (Å²) >= 11 is 0. The van der Waals surface area contributed by atoms with Gasteiger partial charge in [-0.2, -0.15) is 0 Å². The quantitative estimate of drug-likeness (QED) is 0.698. The molecule has 4 nitrogen and oxygen atoms in total. The number of amides is 2. The Morgan fingerprint density at radius 2 is 2.00 bits per heavy atom. The summed E-state index contributed by atoms with van der Waals surface area (Å²) in [6.45, 7) is 1.59. The lowest BCUT2D eigenvalue weighted by Gasteiger charge is -2.14. The van der Waals surface area contributed by atoms with E-state index in [1.54, 1.807) is 19.1 Å². The molecule has 0 aliphatic carbocycles. The first-order valence-electron chi connectivity index (χ1n) is 4.45. The molecule has 2 amide bonds. The van der Waals surface area contributed by atoms with Crippen LogP contribution in [0.15, 0.2) is 35.9 Å². The number of nitrogens with zero attached hydrogens (tertiary/aromatic N) is 1. The molecule has 1 aromatic rings. The summed E-state index contributed by atoms with van der Waals surface area (Å²) in [7, 11) is 0. The Morgan fingerprint density at radius 1 is 1.27 bits per heavy atom. The molecule has 0 fully saturated rings. The number of imide groups is 1. The van der Waals surface area contributed by atoms with Crippen molar-refractivity contribution in [2.75, 3.05) is 4.90 Å². The van der Waals surface area contributed by atoms with E-state index >= 15 is 0 Å². The predicted octanol–water partition coefficient (Wildman–Crippen LogP) is 1.21. The number of carbonyl (C=O) groups is 2. The van der Waals surface area contributed by atoms with Gasteiger partial charge in [0.05, 0.1) is 5.69 Å². The Labute approximate surface area is 86.4 Å². The fraction of sp³-hybridized carbons (Fsp3) is 0.0909. The smallest absolute Gasteiger partial charge is 0.261 e. The van der Waals surface area contributed by atoms with Gasteiger partial charge in [-0.1, -0.05) is 6.07 Å². The van der Waals surface area contributed by atoms with Crippen molar-refractivity contribution in [2.45, 2.75) is 6.92 Å². The SMILES string of the molecule is CC1=CC(=O)N(c2cccc(O)c2)C1=O. The van der Waals surface area contributed by atoms with Crippen LogP contribution < -0.4 is 4.90 Å². The fourth-order valence-electron chi connectivity index (χ4n) is 1.46. The zero-order valence-electron chi connectivity index (χ0n) is 8.10. The van der Waals surface area contributed by atoms with E-state index < -0.39 is 0 Å². The van der Waals surface area contributed by atoms with Crippen molar-refractivity contribution in [1.82, 2.24) is 0 Å². The summed E-state index contributed by atoms with van der Waals surface area (Å²) in [6, 6.07) is 6.04. The van der Waals surface area contributed by atoms with E-state index in [4.69, 9.17) is 0 Å². The minimum absolute atomic E-state index is 0.0256. The standard InChI is InChI=1S/C11H9NO3/c1-7-5-10(14)12(11(7)15)8-3-2-4-9(13)6-8/h2-6,13H,1H3. The molecule has 76 valence electrons. The van der Waals surface area contributed by atoms with Gasteiger partial charge in [-0.05, 0) is 19.1 Å². The molecule has 2 rings (SSSR count). The topological polar surface area (TPSA) is 57.6 Å². The number of hydrogen-bond acceptors (Lipinski definition) is 3. The number of phenolic OH excluding ortho intramolecular Hbond substituents is 1. The van der Waals surface area contributed by atoms with E-state index in [1.165, 1.54) is 18.2 Å². The zero-order valence-corrected chi connectivity index (χ0v) is 8.10. The molecule has 1 N–H and O–H groups in total. The van der Waals surface area contributed by atoms with Gasteiger partial charge >= 0.3 is 0 Å². The summed E-state index contributed by atoms with van der Waals surface area (Å²) in [6.07, 6.45) is 1.28. The number of aromatic hydroxyl groups is 1. The number of anilines is 1. The number of rotatable bonds is 1. The first-order chi connectivity index (χ1) is 7.09. The number of hydrogen-bond donors (Lipinski definition) is 1. The highest BCUT2D eigenvalue weighted by Crippen LogP contribution is 2.25. The van der Waals surface area contributed by atoms with E-state index in [2.05, 4.69) is 0 Å². The van der Waals surface area contributed by atoms with Crippen molar-refractivity contribution in [3.8, 4) is 5.75 Å². The summed E-state index contributed by atoms with van der Waals surface area (Å²) in [5.41, 5.74) is 0.793. The molecule has 15 heavy (non-hydrogen) atoms. The molecule has 0 unspecified atom stereocenters. The molecule has 1 aliphatic rings. The normalized spacial score (nSPS) is 15.8. The van der Waals surface area contributed by atoms with Crippen LogP contribution in [0.2, 0.25) is 0 Å². The Bertz CT molecular complexity index is 476. The molecule has 0 radical (unpaired) electrons. The molecule has 0 spiro atoms. The Kier molecular flexibility index (Phi) is 2.04. The molecular weight excluding hydrogens is 194 g/mol. The van der Waals surface area contributed by atoms with Crippen molar-refractivity contribution in [3.63, 3.8) is 0 Å². The third kappa shape index (κ3) is 1.50. The number of benzene rings is 1. The Hall–Kier alpha value is -2.10. The van der Waals surface area contributed by atoms with E-state index in [9.17, 15) is 14.7 Å². The molecule has 0 aromatic heterocycles. The summed E-state index contributed by atoms with van der Waals surface area (Å²) in [5, 5.41) is 9.25. The van der Waals surface area contributed by atoms with Crippen molar-refractivity contribution in [1.29, 1.82) is 0 Å². The molecule has 1 heterocycles. The van der Waals surface area contributed by atoms with E-state index in [0.717, 1.165) is 4.90 Å². The largest absolute Gasteiger partial charge is 0.508 e. The van der Waals surface area contributed by atoms with Crippen LogP contribution in [0, 0.1) is 0 Å². The molecule has 0 bridgehead atoms. The van der Waals surface area contributed by atoms with Crippen LogP contribution in [0.1, 0.15) is 6.92 Å². The highest BCUT2D eigenvalue weighted by atomic mass is 16.3. The van der Waals surface area contributed by atoms with Crippen molar-refractivity contribution < 1.29 is 14.7 Å². The monoisotopic (exact) mass is 203 g/mol. The maximum absolute atomic E-state index is 11.6. The second-order valence-electron chi connectivity index (χ2n) is 3.33. The average molecular weight is 203 g/mol. The second kappa shape index (κ2) is 3.24. The van der Waals surface area contributed by atoms with Gasteiger partial charge in [-0.3, -0.25) is 9.59 Å². The van der Waals surface area contributed by atoms with Gasteiger partial charge in [0.1, 0.15) is 5.75 Å². The maximum atomic E-state index is 11.6. The lowest BCUT2D eigenvalue weighted by Crippen LogP contribution is -2.30. The van der Waals surface area contributed by atoms with Gasteiger partial charge in [0.15, 0.2) is 0 Å². The average Bonchev–Trinajstić information content (AvgIpc) is 2.41. The molecule has 0 atom stereocenters. The minimum atomic E-state index is -0.372. The van der Waals surface area contributed by atoms with E-state index in [0.29, 0.717) is 11.3 Å². The Morgan fingerprint density at radius 3 is 2.53 bits per heavy atom. The zero-order chi connectivity index (χ0) is 11.0. The first kappa shape index (κ1) is 9.45. The second-order valence-corrected chi connectivity index (χ2v) is 3.33. The van der Waals surface area contributed by atoms with Crippen molar-refractivity contribution in [2.24, 2.45) is 0 Å². The highest BCUT2D eigenvalue weighted by Gasteiger charge is 2.29. The van der Waals surface area contributed by atoms with Crippen LogP contribution in [0.4, 0.5) is 5.69 Å². The van der Waals surface area contributed by atoms with Gasteiger partial charge in [0.25, 0.3) is 11.8 Å². The minimum Gasteiger partial charge on any atom is -0.508 e. The Balaban J connectivity index is 2.42. The fourth-order valence-corrected chi connectivity index (χ4v) is 1.46. The highest BCUT2D eigenvalue weighted by molar-refractivity contribution is 6.30. The van der Waals surface area contributed by atoms with Gasteiger partial charge in [-0.25, -0.2) is 4.90 Å². The van der Waals surface area contributed by atoms with Crippen molar-refractivity contribution >= 4 is 17.5 Å². The summed E-state index contributed by atoms with van der Waals surface area (Å²) < 4.78 is 0. The molecule has 0 saturated heterocycles. The van der Waals surface area contributed by atoms with Gasteiger partial charge in [-0.15, -0.1) is 0 Å². The third-order valence-corrected chi connectivity index (χ3v) is 2.19. The van der Waals surface area contributed by atoms with Gasteiger partial charge in [0, 0.05) is 17.7 Å². The lowest BCUT2D eigenvalue weighted by atomic mass is 10.2. The van der Waals surface area contributed by atoms with E-state index in [1.807, 2.05) is 0 Å². The van der Waals surface area contributed by atoms with Crippen LogP contribution in [0.3, 0.4) is 0 Å². The van der Waals surface area contributed by atoms with Crippen LogP contribution in [-0.4, -0.2) is 16.9 Å². The predicted molar refractivity (Wildman–Crippen MR) is 54.4 cm³/mol. The summed E-state index contributed by atoms with van der Waals surface area (Å²) in [4.78, 5) is 24.1.